The van der Waals surface area contributed by atoms with Crippen molar-refractivity contribution in [1.29, 1.82) is 0 Å². The Morgan fingerprint density at radius 3 is 2.60 bits per heavy atom. The van der Waals surface area contributed by atoms with Crippen LogP contribution in [0.1, 0.15) is 35.5 Å². The fourth-order valence-electron chi connectivity index (χ4n) is 4.46. The van der Waals surface area contributed by atoms with Crippen LogP contribution in [0.2, 0.25) is 0 Å². The number of rotatable bonds is 8. The average Bonchev–Trinajstić information content (AvgIpc) is 3.42. The Labute approximate surface area is 237 Å². The third-order valence-electron chi connectivity index (χ3n) is 6.43. The third kappa shape index (κ3) is 5.64. The molecule has 216 valence electrons. The fourth-order valence-corrected chi connectivity index (χ4v) is 4.46. The van der Waals surface area contributed by atoms with Gasteiger partial charge in [0.25, 0.3) is 5.91 Å². The summed E-state index contributed by atoms with van der Waals surface area (Å²) in [5.41, 5.74) is -0.502. The molecule has 11 nitrogen and oxygen atoms in total. The number of halogens is 3. The molecule has 0 aliphatic rings. The third-order valence-corrected chi connectivity index (χ3v) is 6.43. The molecule has 2 aromatic carbocycles. The minimum atomic E-state index is -4.60. The van der Waals surface area contributed by atoms with E-state index in [1.807, 2.05) is 13.8 Å². The van der Waals surface area contributed by atoms with E-state index < -0.39 is 23.3 Å². The number of amides is 1. The minimum absolute atomic E-state index is 0.184. The van der Waals surface area contributed by atoms with Crippen LogP contribution >= 0.6 is 0 Å². The molecule has 3 aromatic heterocycles. The Morgan fingerprint density at radius 2 is 1.88 bits per heavy atom. The smallest absolute Gasteiger partial charge is 0.416 e. The van der Waals surface area contributed by atoms with E-state index in [1.54, 1.807) is 29.2 Å². The zero-order valence-electron chi connectivity index (χ0n) is 22.7. The monoisotopic (exact) mass is 578 g/mol. The number of hydrogen-bond acceptors (Lipinski definition) is 8. The van der Waals surface area contributed by atoms with Crippen molar-refractivity contribution < 1.29 is 22.7 Å². The van der Waals surface area contributed by atoms with E-state index in [0.717, 1.165) is 18.2 Å². The normalized spacial score (nSPS) is 11.5. The van der Waals surface area contributed by atoms with Gasteiger partial charge < -0.3 is 15.4 Å². The Balaban J connectivity index is 1.52. The summed E-state index contributed by atoms with van der Waals surface area (Å²) < 4.78 is 47.9. The molecule has 0 fully saturated rings. The average molecular weight is 579 g/mol. The van der Waals surface area contributed by atoms with Crippen molar-refractivity contribution in [2.75, 3.05) is 17.7 Å². The standard InChI is InChI=1S/C28H25F3N8O3/c1-4-22-21-15-32-26(35-23-9-10-33-38(23)5-2)36-24(21)37-27(41)39(22)19-12-18(13-20(14-19)42-3)34-25(40)16-7-6-8-17(11-16)28(29,30)31/h6-15H,4-5H2,1-3H3,(H,34,40)(H,35,36,37,41). The zero-order valence-corrected chi connectivity index (χ0v) is 22.7. The van der Waals surface area contributed by atoms with Gasteiger partial charge in [0.05, 0.1) is 29.9 Å². The van der Waals surface area contributed by atoms with Crippen molar-refractivity contribution in [3.8, 4) is 11.4 Å². The van der Waals surface area contributed by atoms with Crippen molar-refractivity contribution in [2.45, 2.75) is 33.0 Å². The lowest BCUT2D eigenvalue weighted by Gasteiger charge is -2.16. The number of ether oxygens (including phenoxy) is 1. The SMILES string of the molecule is CCc1c2cnc(Nc3ccnn3CC)nc2nc(=O)n1-c1cc(NC(=O)c2cccc(C(F)(F)F)c2)cc(OC)c1. The molecule has 0 saturated carbocycles. The first-order valence-corrected chi connectivity index (χ1v) is 12.9. The van der Waals surface area contributed by atoms with Gasteiger partial charge >= 0.3 is 11.9 Å². The van der Waals surface area contributed by atoms with Gasteiger partial charge in [0.1, 0.15) is 11.6 Å². The highest BCUT2D eigenvalue weighted by Gasteiger charge is 2.31. The molecule has 0 aliphatic carbocycles. The van der Waals surface area contributed by atoms with Crippen LogP contribution in [0.15, 0.2) is 65.7 Å². The molecule has 2 N–H and O–H groups in total. The number of nitrogens with zero attached hydrogens (tertiary/aromatic N) is 6. The first-order chi connectivity index (χ1) is 20.1. The number of aryl methyl sites for hydroxylation is 2. The zero-order chi connectivity index (χ0) is 30.0. The van der Waals surface area contributed by atoms with Crippen molar-refractivity contribution in [2.24, 2.45) is 0 Å². The largest absolute Gasteiger partial charge is 0.497 e. The molecule has 0 aliphatic heterocycles. The maximum absolute atomic E-state index is 13.4. The van der Waals surface area contributed by atoms with Crippen LogP contribution < -0.4 is 21.1 Å². The molecule has 0 unspecified atom stereocenters. The molecule has 5 aromatic rings. The van der Waals surface area contributed by atoms with Crippen molar-refractivity contribution in [1.82, 2.24) is 29.3 Å². The van der Waals surface area contributed by atoms with E-state index in [1.165, 1.54) is 29.9 Å². The molecule has 3 heterocycles. The molecule has 0 atom stereocenters. The van der Waals surface area contributed by atoms with Gasteiger partial charge in [0.2, 0.25) is 5.95 Å². The maximum atomic E-state index is 13.4. The topological polar surface area (TPSA) is 129 Å². The summed E-state index contributed by atoms with van der Waals surface area (Å²) in [4.78, 5) is 39.2. The Bertz CT molecular complexity index is 1850. The second-order valence-corrected chi connectivity index (χ2v) is 9.07. The summed E-state index contributed by atoms with van der Waals surface area (Å²) in [6.07, 6.45) is -0.992. The van der Waals surface area contributed by atoms with Gasteiger partial charge in [-0.15, -0.1) is 0 Å². The van der Waals surface area contributed by atoms with Crippen LogP contribution in [-0.4, -0.2) is 42.3 Å². The van der Waals surface area contributed by atoms with E-state index in [4.69, 9.17) is 4.74 Å². The maximum Gasteiger partial charge on any atom is 0.416 e. The molecular formula is C28H25F3N8O3. The van der Waals surface area contributed by atoms with Gasteiger partial charge in [-0.3, -0.25) is 9.36 Å². The molecule has 14 heteroatoms. The number of aromatic nitrogens is 6. The van der Waals surface area contributed by atoms with E-state index in [2.05, 4.69) is 30.7 Å². The second-order valence-electron chi connectivity index (χ2n) is 9.07. The van der Waals surface area contributed by atoms with E-state index >= 15 is 0 Å². The van der Waals surface area contributed by atoms with Crippen LogP contribution in [0, 0.1) is 0 Å². The predicted molar refractivity (Wildman–Crippen MR) is 149 cm³/mol. The lowest BCUT2D eigenvalue weighted by atomic mass is 10.1. The van der Waals surface area contributed by atoms with Crippen LogP contribution in [0.4, 0.5) is 30.6 Å². The van der Waals surface area contributed by atoms with Gasteiger partial charge in [-0.05, 0) is 37.6 Å². The molecule has 0 bridgehead atoms. The van der Waals surface area contributed by atoms with Gasteiger partial charge in [0.15, 0.2) is 5.65 Å². The number of fused-ring (bicyclic) bond motifs is 1. The lowest BCUT2D eigenvalue weighted by molar-refractivity contribution is -0.137. The first kappa shape index (κ1) is 28.3. The quantitative estimate of drug-likeness (QED) is 0.264. The summed E-state index contributed by atoms with van der Waals surface area (Å²) in [5.74, 6) is 0.449. The Hall–Kier alpha value is -5.27. The van der Waals surface area contributed by atoms with Crippen molar-refractivity contribution in [3.63, 3.8) is 0 Å². The number of benzene rings is 2. The van der Waals surface area contributed by atoms with Crippen molar-refractivity contribution >= 4 is 34.4 Å². The van der Waals surface area contributed by atoms with Crippen LogP contribution in [0.25, 0.3) is 16.7 Å². The minimum Gasteiger partial charge on any atom is -0.497 e. The van der Waals surface area contributed by atoms with Crippen LogP contribution in [-0.2, 0) is 19.1 Å². The van der Waals surface area contributed by atoms with Gasteiger partial charge in [0, 0.05) is 47.9 Å². The number of nitrogens with one attached hydrogen (secondary N) is 2. The number of methoxy groups -OCH3 is 1. The molecule has 0 radical (unpaired) electrons. The lowest BCUT2D eigenvalue weighted by Crippen LogP contribution is -2.25. The van der Waals surface area contributed by atoms with E-state index in [0.29, 0.717) is 41.3 Å². The van der Waals surface area contributed by atoms with E-state index in [9.17, 15) is 22.8 Å². The summed E-state index contributed by atoms with van der Waals surface area (Å²) in [6, 6.07) is 10.4. The molecule has 42 heavy (non-hydrogen) atoms. The van der Waals surface area contributed by atoms with E-state index in [-0.39, 0.29) is 22.8 Å². The molecule has 0 saturated heterocycles. The molecule has 5 rings (SSSR count). The number of hydrogen-bond donors (Lipinski definition) is 2. The summed E-state index contributed by atoms with van der Waals surface area (Å²) >= 11 is 0. The van der Waals surface area contributed by atoms with Gasteiger partial charge in [-0.2, -0.15) is 28.2 Å². The second kappa shape index (κ2) is 11.3. The molecule has 0 spiro atoms. The van der Waals surface area contributed by atoms with Gasteiger partial charge in [-0.1, -0.05) is 13.0 Å². The van der Waals surface area contributed by atoms with Gasteiger partial charge in [-0.25, -0.2) is 14.5 Å². The number of anilines is 3. The number of carbonyl (C=O) groups is 1. The highest BCUT2D eigenvalue weighted by molar-refractivity contribution is 6.04. The molecular weight excluding hydrogens is 553 g/mol. The highest BCUT2D eigenvalue weighted by Crippen LogP contribution is 2.30. The van der Waals surface area contributed by atoms with Crippen LogP contribution in [0.5, 0.6) is 5.75 Å². The summed E-state index contributed by atoms with van der Waals surface area (Å²) in [5, 5.41) is 10.4. The summed E-state index contributed by atoms with van der Waals surface area (Å²) in [7, 11) is 1.41. The predicted octanol–water partition coefficient (Wildman–Crippen LogP) is 4.98. The summed E-state index contributed by atoms with van der Waals surface area (Å²) in [6.45, 7) is 4.43. The van der Waals surface area contributed by atoms with Crippen molar-refractivity contribution in [3.05, 3.63) is 88.2 Å². The molecule has 1 amide bonds. The number of alkyl halides is 3. The Morgan fingerprint density at radius 1 is 1.07 bits per heavy atom. The number of carbonyl (C=O) groups excluding carboxylic acids is 1. The highest BCUT2D eigenvalue weighted by atomic mass is 19.4. The first-order valence-electron chi connectivity index (χ1n) is 12.9. The Kier molecular flexibility index (Phi) is 7.61. The van der Waals surface area contributed by atoms with Crippen LogP contribution in [0.3, 0.4) is 0 Å². The fraction of sp³-hybridized carbons (Fsp3) is 0.214.